The molecule has 0 saturated carbocycles. The number of aryl methyl sites for hydroxylation is 1. The first-order valence-corrected chi connectivity index (χ1v) is 6.17. The molecule has 0 aromatic carbocycles. The van der Waals surface area contributed by atoms with Crippen LogP contribution in [0.5, 0.6) is 0 Å². The van der Waals surface area contributed by atoms with E-state index in [2.05, 4.69) is 35.4 Å². The van der Waals surface area contributed by atoms with Gasteiger partial charge in [-0.05, 0) is 26.4 Å². The Labute approximate surface area is 97.6 Å². The van der Waals surface area contributed by atoms with Gasteiger partial charge in [0.25, 0.3) is 0 Å². The largest absolute Gasteiger partial charge is 0.315 e. The molecule has 1 aromatic rings. The fraction of sp³-hybridized carbons (Fsp3) is 0.750. The lowest BCUT2D eigenvalue weighted by molar-refractivity contribution is 0.162. The van der Waals surface area contributed by atoms with Crippen molar-refractivity contribution < 1.29 is 0 Å². The molecule has 0 bridgehead atoms. The molecule has 2 heterocycles. The summed E-state index contributed by atoms with van der Waals surface area (Å²) in [5.74, 6) is 0. The Hall–Kier alpha value is -0.870. The highest BCUT2D eigenvalue weighted by Crippen LogP contribution is 2.23. The summed E-state index contributed by atoms with van der Waals surface area (Å²) in [6.07, 6.45) is 5.36. The predicted molar refractivity (Wildman–Crippen MR) is 65.3 cm³/mol. The first kappa shape index (κ1) is 11.6. The van der Waals surface area contributed by atoms with Gasteiger partial charge in [0, 0.05) is 37.4 Å². The minimum Gasteiger partial charge on any atom is -0.315 e. The highest BCUT2D eigenvalue weighted by Gasteiger charge is 2.26. The van der Waals surface area contributed by atoms with Crippen LogP contribution in [-0.4, -0.2) is 40.4 Å². The molecule has 0 radical (unpaired) electrons. The third kappa shape index (κ3) is 2.28. The van der Waals surface area contributed by atoms with E-state index < -0.39 is 0 Å². The van der Waals surface area contributed by atoms with Gasteiger partial charge in [0.05, 0.1) is 6.20 Å². The molecule has 1 aliphatic heterocycles. The standard InChI is InChI=1S/C12H22N4/c1-4-16(12-5-6-13-8-12)10(2)11-7-14-15(3)9-11/h7,9-10,12-13H,4-6,8H2,1-3H3. The summed E-state index contributed by atoms with van der Waals surface area (Å²) in [7, 11) is 1.98. The number of hydrogen-bond donors (Lipinski definition) is 1. The molecule has 16 heavy (non-hydrogen) atoms. The average Bonchev–Trinajstić information content (AvgIpc) is 2.90. The minimum absolute atomic E-state index is 0.462. The van der Waals surface area contributed by atoms with Crippen molar-refractivity contribution in [2.45, 2.75) is 32.4 Å². The van der Waals surface area contributed by atoms with Gasteiger partial charge in [-0.15, -0.1) is 0 Å². The van der Waals surface area contributed by atoms with Crippen LogP contribution in [0.25, 0.3) is 0 Å². The van der Waals surface area contributed by atoms with Crippen molar-refractivity contribution in [1.29, 1.82) is 0 Å². The van der Waals surface area contributed by atoms with Gasteiger partial charge in [-0.1, -0.05) is 6.92 Å². The fourth-order valence-electron chi connectivity index (χ4n) is 2.62. The fourth-order valence-corrected chi connectivity index (χ4v) is 2.62. The highest BCUT2D eigenvalue weighted by molar-refractivity contribution is 5.10. The summed E-state index contributed by atoms with van der Waals surface area (Å²) in [6.45, 7) is 7.89. The van der Waals surface area contributed by atoms with Crippen LogP contribution in [0.1, 0.15) is 31.9 Å². The van der Waals surface area contributed by atoms with Crippen LogP contribution in [-0.2, 0) is 7.05 Å². The van der Waals surface area contributed by atoms with Crippen LogP contribution in [0.3, 0.4) is 0 Å². The summed E-state index contributed by atoms with van der Waals surface area (Å²) in [6, 6.07) is 1.14. The number of nitrogens with one attached hydrogen (secondary N) is 1. The molecular weight excluding hydrogens is 200 g/mol. The van der Waals surface area contributed by atoms with Gasteiger partial charge in [-0.2, -0.15) is 5.10 Å². The van der Waals surface area contributed by atoms with Gasteiger partial charge >= 0.3 is 0 Å². The zero-order valence-electron chi connectivity index (χ0n) is 10.5. The minimum atomic E-state index is 0.462. The van der Waals surface area contributed by atoms with Crippen molar-refractivity contribution >= 4 is 0 Å². The molecule has 2 unspecified atom stereocenters. The van der Waals surface area contributed by atoms with Gasteiger partial charge in [0.1, 0.15) is 0 Å². The molecule has 1 fully saturated rings. The Morgan fingerprint density at radius 2 is 2.50 bits per heavy atom. The molecule has 1 N–H and O–H groups in total. The Morgan fingerprint density at radius 3 is 3.00 bits per heavy atom. The Kier molecular flexibility index (Phi) is 3.61. The molecular formula is C12H22N4. The van der Waals surface area contributed by atoms with Crippen molar-refractivity contribution in [3.05, 3.63) is 18.0 Å². The van der Waals surface area contributed by atoms with Crippen LogP contribution >= 0.6 is 0 Å². The van der Waals surface area contributed by atoms with Gasteiger partial charge in [-0.25, -0.2) is 0 Å². The van der Waals surface area contributed by atoms with E-state index in [0.717, 1.165) is 19.6 Å². The molecule has 4 heteroatoms. The molecule has 0 amide bonds. The van der Waals surface area contributed by atoms with Crippen molar-refractivity contribution in [3.8, 4) is 0 Å². The molecule has 1 aromatic heterocycles. The van der Waals surface area contributed by atoms with E-state index in [1.165, 1.54) is 12.0 Å². The third-order valence-electron chi connectivity index (χ3n) is 3.57. The lowest BCUT2D eigenvalue weighted by Crippen LogP contribution is -2.38. The maximum atomic E-state index is 4.26. The summed E-state index contributed by atoms with van der Waals surface area (Å²) in [5, 5.41) is 7.69. The van der Waals surface area contributed by atoms with E-state index in [1.54, 1.807) is 0 Å². The van der Waals surface area contributed by atoms with Crippen LogP contribution in [0.15, 0.2) is 12.4 Å². The zero-order chi connectivity index (χ0) is 11.5. The number of hydrogen-bond acceptors (Lipinski definition) is 3. The molecule has 1 aliphatic rings. The maximum absolute atomic E-state index is 4.26. The first-order valence-electron chi connectivity index (χ1n) is 6.17. The van der Waals surface area contributed by atoms with Gasteiger partial charge in [-0.3, -0.25) is 9.58 Å². The van der Waals surface area contributed by atoms with E-state index in [0.29, 0.717) is 12.1 Å². The molecule has 1 saturated heterocycles. The SMILES string of the molecule is CCN(C1CCNC1)C(C)c1cnn(C)c1. The molecule has 2 atom stereocenters. The van der Waals surface area contributed by atoms with E-state index in [9.17, 15) is 0 Å². The van der Waals surface area contributed by atoms with E-state index in [1.807, 2.05) is 17.9 Å². The number of nitrogens with zero attached hydrogens (tertiary/aromatic N) is 3. The Bertz CT molecular complexity index is 328. The van der Waals surface area contributed by atoms with Crippen molar-refractivity contribution in [2.24, 2.45) is 7.05 Å². The average molecular weight is 222 g/mol. The van der Waals surface area contributed by atoms with Crippen molar-refractivity contribution in [3.63, 3.8) is 0 Å². The van der Waals surface area contributed by atoms with Crippen LogP contribution in [0.2, 0.25) is 0 Å². The summed E-state index contributed by atoms with van der Waals surface area (Å²) in [4.78, 5) is 2.57. The smallest absolute Gasteiger partial charge is 0.0537 e. The van der Waals surface area contributed by atoms with Crippen LogP contribution < -0.4 is 5.32 Å². The monoisotopic (exact) mass is 222 g/mol. The summed E-state index contributed by atoms with van der Waals surface area (Å²) >= 11 is 0. The van der Waals surface area contributed by atoms with E-state index >= 15 is 0 Å². The topological polar surface area (TPSA) is 33.1 Å². The summed E-state index contributed by atoms with van der Waals surface area (Å²) < 4.78 is 1.88. The highest BCUT2D eigenvalue weighted by atomic mass is 15.3. The van der Waals surface area contributed by atoms with Crippen molar-refractivity contribution in [2.75, 3.05) is 19.6 Å². The molecule has 2 rings (SSSR count). The predicted octanol–water partition coefficient (Wildman–Crippen LogP) is 1.16. The number of aromatic nitrogens is 2. The second-order valence-corrected chi connectivity index (χ2v) is 4.60. The lowest BCUT2D eigenvalue weighted by Gasteiger charge is -2.32. The molecule has 4 nitrogen and oxygen atoms in total. The maximum Gasteiger partial charge on any atom is 0.0537 e. The van der Waals surface area contributed by atoms with Crippen LogP contribution in [0, 0.1) is 0 Å². The van der Waals surface area contributed by atoms with E-state index in [4.69, 9.17) is 0 Å². The number of likely N-dealkylation sites (N-methyl/N-ethyl adjacent to an activating group) is 1. The quantitative estimate of drug-likeness (QED) is 0.830. The normalized spacial score (nSPS) is 22.9. The molecule has 0 spiro atoms. The van der Waals surface area contributed by atoms with Gasteiger partial charge in [0.15, 0.2) is 0 Å². The molecule has 0 aliphatic carbocycles. The number of rotatable bonds is 4. The first-order chi connectivity index (χ1) is 7.72. The summed E-state index contributed by atoms with van der Waals surface area (Å²) in [5.41, 5.74) is 1.32. The lowest BCUT2D eigenvalue weighted by atomic mass is 10.1. The zero-order valence-corrected chi connectivity index (χ0v) is 10.5. The van der Waals surface area contributed by atoms with Crippen LogP contribution in [0.4, 0.5) is 0 Å². The van der Waals surface area contributed by atoms with Crippen molar-refractivity contribution in [1.82, 2.24) is 20.0 Å². The van der Waals surface area contributed by atoms with Gasteiger partial charge < -0.3 is 5.32 Å². The Balaban J connectivity index is 2.08. The van der Waals surface area contributed by atoms with E-state index in [-0.39, 0.29) is 0 Å². The third-order valence-corrected chi connectivity index (χ3v) is 3.57. The Morgan fingerprint density at radius 1 is 1.69 bits per heavy atom. The second-order valence-electron chi connectivity index (χ2n) is 4.60. The molecule has 90 valence electrons. The second kappa shape index (κ2) is 4.97. The van der Waals surface area contributed by atoms with Gasteiger partial charge in [0.2, 0.25) is 0 Å².